The Morgan fingerprint density at radius 1 is 1.19 bits per heavy atom. The second-order valence-electron chi connectivity index (χ2n) is 6.64. The van der Waals surface area contributed by atoms with Crippen LogP contribution in [-0.4, -0.2) is 42.7 Å². The van der Waals surface area contributed by atoms with Crippen molar-refractivity contribution in [2.75, 3.05) is 26.6 Å². The van der Waals surface area contributed by atoms with Gasteiger partial charge in [-0.15, -0.1) is 3.89 Å². The van der Waals surface area contributed by atoms with Crippen molar-refractivity contribution < 1.29 is 27.7 Å². The summed E-state index contributed by atoms with van der Waals surface area (Å²) < 4.78 is 29.7. The van der Waals surface area contributed by atoms with Crippen molar-refractivity contribution in [3.63, 3.8) is 0 Å². The van der Waals surface area contributed by atoms with Gasteiger partial charge in [0, 0.05) is 23.1 Å². The number of anilines is 1. The van der Waals surface area contributed by atoms with E-state index in [-0.39, 0.29) is 24.2 Å². The highest BCUT2D eigenvalue weighted by molar-refractivity contribution is 7.92. The summed E-state index contributed by atoms with van der Waals surface area (Å²) in [6.07, 6.45) is 3.46. The van der Waals surface area contributed by atoms with E-state index >= 15 is 0 Å². The molecule has 0 spiro atoms. The quantitative estimate of drug-likeness (QED) is 0.542. The Labute approximate surface area is 183 Å². The Morgan fingerprint density at radius 2 is 1.84 bits per heavy atom. The molecule has 0 unspecified atom stereocenters. The van der Waals surface area contributed by atoms with Crippen molar-refractivity contribution in [3.8, 4) is 22.6 Å². The Morgan fingerprint density at radius 3 is 2.35 bits per heavy atom. The van der Waals surface area contributed by atoms with Gasteiger partial charge in [-0.05, 0) is 37.1 Å². The largest absolute Gasteiger partial charge is 0.496 e. The van der Waals surface area contributed by atoms with E-state index in [1.54, 1.807) is 26.5 Å². The number of halogens is 1. The maximum absolute atomic E-state index is 13.6. The van der Waals surface area contributed by atoms with E-state index in [0.29, 0.717) is 29.4 Å². The molecular formula is C21H22FN3O5S. The van der Waals surface area contributed by atoms with Crippen molar-refractivity contribution in [1.29, 1.82) is 0 Å². The van der Waals surface area contributed by atoms with E-state index in [2.05, 4.69) is 15.0 Å². The minimum Gasteiger partial charge on any atom is -0.496 e. The lowest BCUT2D eigenvalue weighted by molar-refractivity contribution is -0.126. The Balaban J connectivity index is 0.000000628. The zero-order valence-corrected chi connectivity index (χ0v) is 18.1. The molecule has 0 bridgehead atoms. The van der Waals surface area contributed by atoms with Crippen LogP contribution in [0.1, 0.15) is 12.8 Å². The predicted molar refractivity (Wildman–Crippen MR) is 117 cm³/mol. The maximum Gasteiger partial charge on any atom is 0.292 e. The van der Waals surface area contributed by atoms with E-state index in [1.807, 2.05) is 24.3 Å². The summed E-state index contributed by atoms with van der Waals surface area (Å²) in [5.74, 6) is 1.66. The minimum atomic E-state index is -0.0421. The second kappa shape index (κ2) is 10.2. The van der Waals surface area contributed by atoms with Crippen molar-refractivity contribution in [2.45, 2.75) is 12.8 Å². The fourth-order valence-corrected chi connectivity index (χ4v) is 3.44. The fourth-order valence-electron chi connectivity index (χ4n) is 3.09. The Bertz CT molecular complexity index is 1060. The van der Waals surface area contributed by atoms with Crippen LogP contribution in [0.2, 0.25) is 0 Å². The van der Waals surface area contributed by atoms with Crippen molar-refractivity contribution >= 4 is 41.6 Å². The van der Waals surface area contributed by atoms with Crippen molar-refractivity contribution in [1.82, 2.24) is 8.96 Å². The lowest BCUT2D eigenvalue weighted by Crippen LogP contribution is -2.14. The third-order valence-corrected chi connectivity index (χ3v) is 5.11. The van der Waals surface area contributed by atoms with Crippen LogP contribution in [0.5, 0.6) is 11.5 Å². The van der Waals surface area contributed by atoms with Crippen LogP contribution in [-0.2, 0) is 14.3 Å². The number of nitrogens with one attached hydrogen (secondary N) is 1. The van der Waals surface area contributed by atoms with Crippen LogP contribution in [0.4, 0.5) is 9.70 Å². The number of methoxy groups -OCH3 is 3. The zero-order valence-electron chi connectivity index (χ0n) is 17.3. The number of amides is 1. The molecule has 2 heterocycles. The number of rotatable bonds is 7. The van der Waals surface area contributed by atoms with Crippen LogP contribution in [0, 0.1) is 5.92 Å². The smallest absolute Gasteiger partial charge is 0.292 e. The first-order valence-corrected chi connectivity index (χ1v) is 10.0. The van der Waals surface area contributed by atoms with Crippen LogP contribution < -0.4 is 14.8 Å². The van der Waals surface area contributed by atoms with E-state index in [4.69, 9.17) is 14.3 Å². The number of ether oxygens (including phenoxy) is 3. The number of carbonyl (C=O) groups is 2. The van der Waals surface area contributed by atoms with Gasteiger partial charge in [-0.3, -0.25) is 9.59 Å². The van der Waals surface area contributed by atoms with Crippen molar-refractivity contribution in [3.05, 3.63) is 36.5 Å². The van der Waals surface area contributed by atoms with Gasteiger partial charge in [0.05, 0.1) is 26.9 Å². The third-order valence-electron chi connectivity index (χ3n) is 4.69. The second-order valence-corrected chi connectivity index (χ2v) is 7.17. The molecular weight excluding hydrogens is 425 g/mol. The normalized spacial score (nSPS) is 12.5. The minimum absolute atomic E-state index is 0.0421. The van der Waals surface area contributed by atoms with Crippen LogP contribution in [0.3, 0.4) is 0 Å². The summed E-state index contributed by atoms with van der Waals surface area (Å²) in [5, 5.41) is 3.53. The molecule has 31 heavy (non-hydrogen) atoms. The first-order valence-electron chi connectivity index (χ1n) is 9.37. The molecule has 3 aromatic rings. The van der Waals surface area contributed by atoms with Gasteiger partial charge in [0.1, 0.15) is 17.3 Å². The molecule has 1 saturated carbocycles. The van der Waals surface area contributed by atoms with Gasteiger partial charge >= 0.3 is 0 Å². The van der Waals surface area contributed by atoms with Crippen LogP contribution in [0.25, 0.3) is 22.2 Å². The third kappa shape index (κ3) is 4.91. The van der Waals surface area contributed by atoms with Gasteiger partial charge in [-0.25, -0.2) is 8.96 Å². The van der Waals surface area contributed by atoms with Crippen molar-refractivity contribution in [2.24, 2.45) is 5.92 Å². The zero-order chi connectivity index (χ0) is 22.4. The summed E-state index contributed by atoms with van der Waals surface area (Å²) in [7, 11) is 4.46. The highest BCUT2D eigenvalue weighted by Gasteiger charge is 2.30. The SMILES string of the molecule is COC=O.COc1cccc(OC)c1-c1cn(SF)c2nc(NC(=O)C3CC3)ccc12. The van der Waals surface area contributed by atoms with E-state index in [9.17, 15) is 8.68 Å². The molecule has 1 aliphatic rings. The molecule has 1 amide bonds. The predicted octanol–water partition coefficient (Wildman–Crippen LogP) is 4.24. The summed E-state index contributed by atoms with van der Waals surface area (Å²) in [4.78, 5) is 25.4. The molecule has 0 aliphatic heterocycles. The van der Waals surface area contributed by atoms with Gasteiger partial charge in [0.2, 0.25) is 5.91 Å². The molecule has 10 heteroatoms. The lowest BCUT2D eigenvalue weighted by atomic mass is 10.0. The molecule has 1 fully saturated rings. The molecule has 1 aliphatic carbocycles. The lowest BCUT2D eigenvalue weighted by Gasteiger charge is -2.12. The van der Waals surface area contributed by atoms with Gasteiger partial charge in [0.15, 0.2) is 18.0 Å². The monoisotopic (exact) mass is 447 g/mol. The number of benzene rings is 1. The van der Waals surface area contributed by atoms with E-state index < -0.39 is 0 Å². The van der Waals surface area contributed by atoms with E-state index in [0.717, 1.165) is 29.4 Å². The molecule has 2 aromatic heterocycles. The number of nitrogens with zero attached hydrogens (tertiary/aromatic N) is 2. The first kappa shape index (κ1) is 22.4. The van der Waals surface area contributed by atoms with E-state index in [1.165, 1.54) is 11.1 Å². The molecule has 0 saturated heterocycles. The van der Waals surface area contributed by atoms with Gasteiger partial charge < -0.3 is 19.5 Å². The topological polar surface area (TPSA) is 91.7 Å². The molecule has 1 aromatic carbocycles. The van der Waals surface area contributed by atoms with Gasteiger partial charge in [-0.1, -0.05) is 6.07 Å². The summed E-state index contributed by atoms with van der Waals surface area (Å²) in [5.41, 5.74) is 1.87. The average molecular weight is 447 g/mol. The Hall–Kier alpha value is -3.27. The van der Waals surface area contributed by atoms with Gasteiger partial charge in [0.25, 0.3) is 6.47 Å². The average Bonchev–Trinajstić information content (AvgIpc) is 3.60. The fraction of sp³-hybridized carbons (Fsp3) is 0.286. The number of carbonyl (C=O) groups excluding carboxylic acids is 2. The highest BCUT2D eigenvalue weighted by Crippen LogP contribution is 2.43. The standard InChI is InChI=1S/C19H18FN3O3S.C2H4O2/c1-25-14-4-3-5-15(26-2)17(14)13-10-23(27-20)18-12(13)8-9-16(21-18)22-19(24)11-6-7-11;1-4-2-3/h3-5,8-11H,6-7H2,1-2H3,(H,21,22,24);2H,1H3. The molecule has 4 rings (SSSR count). The van der Waals surface area contributed by atoms with Crippen LogP contribution in [0.15, 0.2) is 36.5 Å². The first-order chi connectivity index (χ1) is 15.1. The van der Waals surface area contributed by atoms with Gasteiger partial charge in [-0.2, -0.15) is 0 Å². The number of pyridine rings is 1. The number of hydrogen-bond acceptors (Lipinski definition) is 7. The molecule has 1 N–H and O–H groups in total. The maximum atomic E-state index is 13.6. The van der Waals surface area contributed by atoms with Crippen LogP contribution >= 0.6 is 12.3 Å². The number of aromatic nitrogens is 2. The summed E-state index contributed by atoms with van der Waals surface area (Å²) >= 11 is 0.0468. The molecule has 8 nitrogen and oxygen atoms in total. The molecule has 0 atom stereocenters. The number of fused-ring (bicyclic) bond motifs is 1. The summed E-state index contributed by atoms with van der Waals surface area (Å²) in [6.45, 7) is 0.375. The number of hydrogen-bond donors (Lipinski definition) is 1. The molecule has 0 radical (unpaired) electrons. The highest BCUT2D eigenvalue weighted by atomic mass is 32.2. The summed E-state index contributed by atoms with van der Waals surface area (Å²) in [6, 6.07) is 9.01. The Kier molecular flexibility index (Phi) is 7.35. The molecule has 164 valence electrons.